The van der Waals surface area contributed by atoms with Gasteiger partial charge >= 0.3 is 0 Å². The molecule has 0 radical (unpaired) electrons. The highest BCUT2D eigenvalue weighted by Crippen LogP contribution is 2.50. The van der Waals surface area contributed by atoms with Crippen molar-refractivity contribution in [3.05, 3.63) is 45.6 Å². The van der Waals surface area contributed by atoms with Crippen LogP contribution in [0.2, 0.25) is 0 Å². The minimum atomic E-state index is -0.537. The lowest BCUT2D eigenvalue weighted by molar-refractivity contribution is -0.122. The molecule has 0 spiro atoms. The first-order valence-corrected chi connectivity index (χ1v) is 14.5. The number of methoxy groups -OCH3 is 3. The third kappa shape index (κ3) is 6.43. The molecule has 0 aromatic heterocycles. The highest BCUT2D eigenvalue weighted by atomic mass is 32.2. The molecule has 39 heavy (non-hydrogen) atoms. The number of ether oxygens (including phenoxy) is 3. The molecule has 3 N–H and O–H groups in total. The van der Waals surface area contributed by atoms with Crippen LogP contribution in [0.15, 0.2) is 29.1 Å². The van der Waals surface area contributed by atoms with Crippen LogP contribution in [0.5, 0.6) is 17.2 Å². The lowest BCUT2D eigenvalue weighted by Gasteiger charge is -2.19. The largest absolute Gasteiger partial charge is 0.493 e. The molecular formula is C29H37N3O6S. The number of carbonyl (C=O) groups excluding carboxylic acids is 2. The van der Waals surface area contributed by atoms with Gasteiger partial charge in [-0.15, -0.1) is 0 Å². The van der Waals surface area contributed by atoms with E-state index in [1.807, 2.05) is 18.4 Å². The van der Waals surface area contributed by atoms with Gasteiger partial charge < -0.3 is 30.2 Å². The van der Waals surface area contributed by atoms with Gasteiger partial charge in [-0.2, -0.15) is 11.8 Å². The van der Waals surface area contributed by atoms with E-state index in [2.05, 4.69) is 16.0 Å². The van der Waals surface area contributed by atoms with E-state index in [0.717, 1.165) is 35.3 Å². The summed E-state index contributed by atoms with van der Waals surface area (Å²) >= 11 is 1.65. The van der Waals surface area contributed by atoms with Gasteiger partial charge in [-0.25, -0.2) is 0 Å². The molecule has 0 saturated heterocycles. The number of amides is 2. The molecule has 1 saturated carbocycles. The fourth-order valence-corrected chi connectivity index (χ4v) is 5.52. The number of hydrogen-bond donors (Lipinski definition) is 3. The Morgan fingerprint density at radius 2 is 1.77 bits per heavy atom. The van der Waals surface area contributed by atoms with Crippen LogP contribution in [0.1, 0.15) is 49.8 Å². The number of rotatable bonds is 11. The standard InChI is InChI=1S/C29H37N3O6S/c1-16(33)30-21-10-6-17-14-25(36-2)27(37-3)28(38-4)26(17)19-9-11-22(24(34)15-20(19)21)32-23(12-13-39-5)29(35)31-18-7-8-18/h9,11,14-15,18,21,23H,6-8,10,12-13H2,1-5H3,(H,30,33)(H,31,35)(H,32,34)/t21-,23-/m1/s1. The number of carbonyl (C=O) groups is 2. The Labute approximate surface area is 233 Å². The van der Waals surface area contributed by atoms with E-state index in [9.17, 15) is 14.4 Å². The lowest BCUT2D eigenvalue weighted by atomic mass is 9.95. The van der Waals surface area contributed by atoms with Gasteiger partial charge in [0.2, 0.25) is 23.0 Å². The Kier molecular flexibility index (Phi) is 9.27. The molecule has 0 unspecified atom stereocenters. The van der Waals surface area contributed by atoms with Gasteiger partial charge in [0.1, 0.15) is 6.04 Å². The molecule has 2 aromatic rings. The minimum Gasteiger partial charge on any atom is -0.493 e. The van der Waals surface area contributed by atoms with E-state index in [0.29, 0.717) is 47.8 Å². The average molecular weight is 556 g/mol. The van der Waals surface area contributed by atoms with Crippen molar-refractivity contribution in [2.24, 2.45) is 0 Å². The summed E-state index contributed by atoms with van der Waals surface area (Å²) in [6.07, 6.45) is 5.74. The Morgan fingerprint density at radius 3 is 2.38 bits per heavy atom. The van der Waals surface area contributed by atoms with E-state index in [1.54, 1.807) is 45.2 Å². The number of aryl methyl sites for hydroxylation is 1. The van der Waals surface area contributed by atoms with E-state index in [-0.39, 0.29) is 23.3 Å². The first kappa shape index (κ1) is 28.6. The number of thioether (sulfide) groups is 1. The molecule has 4 rings (SSSR count). The topological polar surface area (TPSA) is 115 Å². The van der Waals surface area contributed by atoms with Crippen LogP contribution in [0, 0.1) is 0 Å². The van der Waals surface area contributed by atoms with Crippen molar-refractivity contribution in [2.45, 2.75) is 57.2 Å². The monoisotopic (exact) mass is 555 g/mol. The summed E-state index contributed by atoms with van der Waals surface area (Å²) in [5.41, 5.74) is 3.21. The van der Waals surface area contributed by atoms with Gasteiger partial charge in [-0.1, -0.05) is 6.07 Å². The van der Waals surface area contributed by atoms with Crippen molar-refractivity contribution in [1.29, 1.82) is 0 Å². The lowest BCUT2D eigenvalue weighted by Crippen LogP contribution is -2.41. The second-order valence-electron chi connectivity index (χ2n) is 9.86. The molecule has 0 bridgehead atoms. The van der Waals surface area contributed by atoms with Crippen LogP contribution < -0.4 is 35.6 Å². The Morgan fingerprint density at radius 1 is 1.03 bits per heavy atom. The maximum Gasteiger partial charge on any atom is 0.242 e. The highest BCUT2D eigenvalue weighted by Gasteiger charge is 2.30. The second kappa shape index (κ2) is 12.6. The summed E-state index contributed by atoms with van der Waals surface area (Å²) in [7, 11) is 4.69. The molecule has 10 heteroatoms. The molecule has 2 aromatic carbocycles. The number of nitrogens with one attached hydrogen (secondary N) is 3. The summed E-state index contributed by atoms with van der Waals surface area (Å²) < 4.78 is 17.1. The zero-order chi connectivity index (χ0) is 28.1. The smallest absolute Gasteiger partial charge is 0.242 e. The van der Waals surface area contributed by atoms with Crippen molar-refractivity contribution in [3.63, 3.8) is 0 Å². The predicted octanol–water partition coefficient (Wildman–Crippen LogP) is 3.68. The van der Waals surface area contributed by atoms with Crippen molar-refractivity contribution in [2.75, 3.05) is 38.7 Å². The third-order valence-corrected chi connectivity index (χ3v) is 7.74. The van der Waals surface area contributed by atoms with Crippen LogP contribution >= 0.6 is 11.8 Å². The molecule has 2 aliphatic carbocycles. The maximum atomic E-state index is 13.6. The normalized spacial score (nSPS) is 16.6. The minimum absolute atomic E-state index is 0.0982. The predicted molar refractivity (Wildman–Crippen MR) is 154 cm³/mol. The summed E-state index contributed by atoms with van der Waals surface area (Å²) in [5.74, 6) is 1.97. The van der Waals surface area contributed by atoms with E-state index >= 15 is 0 Å². The van der Waals surface area contributed by atoms with Gasteiger partial charge in [0.15, 0.2) is 11.5 Å². The summed E-state index contributed by atoms with van der Waals surface area (Å²) in [6.45, 7) is 1.47. The fraction of sp³-hybridized carbons (Fsp3) is 0.483. The van der Waals surface area contributed by atoms with Crippen molar-refractivity contribution in [1.82, 2.24) is 10.6 Å². The molecular weight excluding hydrogens is 518 g/mol. The van der Waals surface area contributed by atoms with Crippen LogP contribution in [0.4, 0.5) is 5.69 Å². The van der Waals surface area contributed by atoms with Crippen LogP contribution in [0.3, 0.4) is 0 Å². The van der Waals surface area contributed by atoms with Crippen LogP contribution in [-0.4, -0.2) is 57.2 Å². The summed E-state index contributed by atoms with van der Waals surface area (Å²) in [5, 5.41) is 9.29. The number of fused-ring (bicyclic) bond motifs is 3. The Hall–Kier alpha value is -3.40. The van der Waals surface area contributed by atoms with Gasteiger partial charge in [0, 0.05) is 18.5 Å². The van der Waals surface area contributed by atoms with E-state index in [4.69, 9.17) is 14.2 Å². The van der Waals surface area contributed by atoms with Gasteiger partial charge in [-0.05, 0) is 79.0 Å². The summed E-state index contributed by atoms with van der Waals surface area (Å²) in [6, 6.07) is 6.34. The van der Waals surface area contributed by atoms with Crippen molar-refractivity contribution >= 4 is 29.3 Å². The molecule has 9 nitrogen and oxygen atoms in total. The van der Waals surface area contributed by atoms with E-state index in [1.165, 1.54) is 6.92 Å². The average Bonchev–Trinajstić information content (AvgIpc) is 3.76. The number of anilines is 1. The third-order valence-electron chi connectivity index (χ3n) is 7.10. The zero-order valence-corrected chi connectivity index (χ0v) is 24.0. The Bertz CT molecular complexity index is 1300. The number of hydrogen-bond acceptors (Lipinski definition) is 8. The molecule has 210 valence electrons. The van der Waals surface area contributed by atoms with Crippen molar-refractivity contribution in [3.8, 4) is 28.4 Å². The fourth-order valence-electron chi connectivity index (χ4n) is 5.05. The zero-order valence-electron chi connectivity index (χ0n) is 23.1. The maximum absolute atomic E-state index is 13.6. The van der Waals surface area contributed by atoms with Crippen molar-refractivity contribution < 1.29 is 23.8 Å². The summed E-state index contributed by atoms with van der Waals surface area (Å²) in [4.78, 5) is 38.7. The van der Waals surface area contributed by atoms with Gasteiger partial charge in [0.05, 0.1) is 33.1 Å². The number of benzene rings is 1. The first-order chi connectivity index (χ1) is 18.8. The molecule has 2 atom stereocenters. The molecule has 2 aliphatic rings. The van der Waals surface area contributed by atoms with Gasteiger partial charge in [0.25, 0.3) is 0 Å². The molecule has 0 aliphatic heterocycles. The first-order valence-electron chi connectivity index (χ1n) is 13.1. The quantitative estimate of drug-likeness (QED) is 0.385. The second-order valence-corrected chi connectivity index (χ2v) is 10.8. The SMILES string of the molecule is COc1cc2c(c(OC)c1OC)-c1ccc(N[C@H](CCSC)C(=O)NC3CC3)c(=O)cc1[C@H](NC(C)=O)CC2. The molecule has 2 amide bonds. The molecule has 1 fully saturated rings. The molecule has 0 heterocycles. The van der Waals surface area contributed by atoms with Gasteiger partial charge in [-0.3, -0.25) is 14.4 Å². The van der Waals surface area contributed by atoms with E-state index < -0.39 is 12.1 Å². The highest BCUT2D eigenvalue weighted by molar-refractivity contribution is 7.98. The van der Waals surface area contributed by atoms with Crippen LogP contribution in [0.25, 0.3) is 11.1 Å². The van der Waals surface area contributed by atoms with Crippen LogP contribution in [-0.2, 0) is 16.0 Å². The Balaban J connectivity index is 1.86.